The van der Waals surface area contributed by atoms with Crippen molar-refractivity contribution >= 4 is 0 Å². The zero-order valence-electron chi connectivity index (χ0n) is 17.3. The van der Waals surface area contributed by atoms with Gasteiger partial charge in [-0.2, -0.15) is 0 Å². The van der Waals surface area contributed by atoms with Crippen LogP contribution in [-0.2, 0) is 4.74 Å². The molecule has 1 saturated heterocycles. The van der Waals surface area contributed by atoms with Gasteiger partial charge >= 0.3 is 0 Å². The van der Waals surface area contributed by atoms with E-state index >= 15 is 0 Å². The lowest BCUT2D eigenvalue weighted by molar-refractivity contribution is 0.00577. The van der Waals surface area contributed by atoms with E-state index in [0.717, 1.165) is 31.0 Å². The first-order valence-corrected chi connectivity index (χ1v) is 11.6. The fraction of sp³-hybridized carbons (Fsp3) is 0.833. The van der Waals surface area contributed by atoms with Gasteiger partial charge < -0.3 is 14.1 Å². The van der Waals surface area contributed by atoms with Crippen molar-refractivity contribution in [1.29, 1.82) is 0 Å². The molecule has 2 unspecified atom stereocenters. The highest BCUT2D eigenvalue weighted by molar-refractivity contribution is 5.14. The lowest BCUT2D eigenvalue weighted by atomic mass is 9.56. The van der Waals surface area contributed by atoms with Crippen molar-refractivity contribution in [2.24, 2.45) is 17.3 Å². The number of furan rings is 1. The third-order valence-electron chi connectivity index (χ3n) is 8.10. The van der Waals surface area contributed by atoms with Crippen LogP contribution in [0.4, 0.5) is 0 Å². The van der Waals surface area contributed by atoms with Gasteiger partial charge in [0.15, 0.2) is 0 Å². The molecular weight excluding hydrogens is 334 g/mol. The lowest BCUT2D eigenvalue weighted by Crippen LogP contribution is -2.38. The minimum atomic E-state index is 0.618. The second-order valence-electron chi connectivity index (χ2n) is 9.71. The van der Waals surface area contributed by atoms with Gasteiger partial charge in [-0.05, 0) is 112 Å². The van der Waals surface area contributed by atoms with Gasteiger partial charge in [0.2, 0.25) is 0 Å². The van der Waals surface area contributed by atoms with E-state index in [1.807, 2.05) is 12.5 Å². The molecule has 2 aliphatic carbocycles. The van der Waals surface area contributed by atoms with Crippen molar-refractivity contribution in [3.63, 3.8) is 0 Å². The quantitative estimate of drug-likeness (QED) is 0.560. The highest BCUT2D eigenvalue weighted by atomic mass is 16.5. The first-order valence-electron chi connectivity index (χ1n) is 11.6. The van der Waals surface area contributed by atoms with E-state index in [9.17, 15) is 0 Å². The Hall–Kier alpha value is -0.800. The summed E-state index contributed by atoms with van der Waals surface area (Å²) in [6.07, 6.45) is 17.5. The fourth-order valence-corrected chi connectivity index (χ4v) is 6.12. The highest BCUT2D eigenvalue weighted by Crippen LogP contribution is 2.55. The number of hydrogen-bond acceptors (Lipinski definition) is 3. The SMILES string of the molecule is CC1CC(c2ccoc2)CCC12CCC(COCCCN1CCCC1)CC2. The molecule has 2 atom stereocenters. The zero-order valence-corrected chi connectivity index (χ0v) is 17.3. The largest absolute Gasteiger partial charge is 0.472 e. The maximum absolute atomic E-state index is 6.06. The van der Waals surface area contributed by atoms with Gasteiger partial charge in [0, 0.05) is 19.8 Å². The molecule has 0 aromatic carbocycles. The molecule has 27 heavy (non-hydrogen) atoms. The number of rotatable bonds is 7. The molecule has 2 heterocycles. The van der Waals surface area contributed by atoms with Crippen LogP contribution < -0.4 is 0 Å². The topological polar surface area (TPSA) is 25.6 Å². The van der Waals surface area contributed by atoms with E-state index < -0.39 is 0 Å². The lowest BCUT2D eigenvalue weighted by Gasteiger charge is -2.49. The monoisotopic (exact) mass is 373 g/mol. The smallest absolute Gasteiger partial charge is 0.0937 e. The van der Waals surface area contributed by atoms with Crippen LogP contribution in [0.5, 0.6) is 0 Å². The van der Waals surface area contributed by atoms with Gasteiger partial charge in [0.05, 0.1) is 12.5 Å². The van der Waals surface area contributed by atoms with Crippen LogP contribution >= 0.6 is 0 Å². The Morgan fingerprint density at radius 2 is 1.93 bits per heavy atom. The van der Waals surface area contributed by atoms with E-state index in [4.69, 9.17) is 9.15 Å². The molecule has 0 amide bonds. The highest BCUT2D eigenvalue weighted by Gasteiger charge is 2.43. The molecule has 152 valence electrons. The Morgan fingerprint density at radius 3 is 2.63 bits per heavy atom. The van der Waals surface area contributed by atoms with Crippen LogP contribution in [0.3, 0.4) is 0 Å². The van der Waals surface area contributed by atoms with Gasteiger partial charge in [-0.25, -0.2) is 0 Å². The summed E-state index contributed by atoms with van der Waals surface area (Å²) < 4.78 is 11.4. The molecule has 1 aromatic rings. The number of likely N-dealkylation sites (tertiary alicyclic amines) is 1. The minimum absolute atomic E-state index is 0.618. The molecule has 3 nitrogen and oxygen atoms in total. The molecule has 1 aromatic heterocycles. The summed E-state index contributed by atoms with van der Waals surface area (Å²) in [5.74, 6) is 2.37. The summed E-state index contributed by atoms with van der Waals surface area (Å²) in [6, 6.07) is 2.17. The van der Waals surface area contributed by atoms with Crippen molar-refractivity contribution < 1.29 is 9.15 Å². The molecule has 3 aliphatic rings. The van der Waals surface area contributed by atoms with E-state index in [1.54, 1.807) is 0 Å². The van der Waals surface area contributed by atoms with Crippen LogP contribution in [0, 0.1) is 17.3 Å². The second-order valence-corrected chi connectivity index (χ2v) is 9.71. The predicted molar refractivity (Wildman–Crippen MR) is 110 cm³/mol. The number of hydrogen-bond donors (Lipinski definition) is 0. The van der Waals surface area contributed by atoms with Crippen molar-refractivity contribution in [1.82, 2.24) is 4.90 Å². The average Bonchev–Trinajstić information content (AvgIpc) is 3.39. The number of nitrogens with zero attached hydrogens (tertiary/aromatic N) is 1. The molecule has 3 heteroatoms. The van der Waals surface area contributed by atoms with Gasteiger partial charge in [-0.3, -0.25) is 0 Å². The first kappa shape index (κ1) is 19.5. The molecule has 1 aliphatic heterocycles. The maximum Gasteiger partial charge on any atom is 0.0937 e. The van der Waals surface area contributed by atoms with Crippen molar-refractivity contribution in [3.8, 4) is 0 Å². The molecule has 4 rings (SSSR count). The van der Waals surface area contributed by atoms with E-state index in [2.05, 4.69) is 17.9 Å². The molecule has 2 saturated carbocycles. The van der Waals surface area contributed by atoms with E-state index in [0.29, 0.717) is 5.41 Å². The molecule has 3 fully saturated rings. The van der Waals surface area contributed by atoms with Crippen molar-refractivity contribution in [3.05, 3.63) is 24.2 Å². The first-order chi connectivity index (χ1) is 13.3. The van der Waals surface area contributed by atoms with Gasteiger partial charge in [-0.15, -0.1) is 0 Å². The van der Waals surface area contributed by atoms with Crippen molar-refractivity contribution in [2.75, 3.05) is 32.8 Å². The summed E-state index contributed by atoms with van der Waals surface area (Å²) in [6.45, 7) is 8.34. The summed E-state index contributed by atoms with van der Waals surface area (Å²) in [5.41, 5.74) is 2.04. The second kappa shape index (κ2) is 9.13. The third kappa shape index (κ3) is 4.79. The third-order valence-corrected chi connectivity index (χ3v) is 8.10. The standard InChI is InChI=1S/C24H39NO2/c1-20-17-22(23-8-16-27-19-23)7-11-24(20)9-5-21(6-10-24)18-26-15-4-14-25-12-2-3-13-25/h8,16,19-22H,2-7,9-15,17-18H2,1H3. The summed E-state index contributed by atoms with van der Waals surface area (Å²) in [4.78, 5) is 2.59. The molecular formula is C24H39NO2. The summed E-state index contributed by atoms with van der Waals surface area (Å²) in [5, 5.41) is 0. The Bertz CT molecular complexity index is 541. The molecule has 0 N–H and O–H groups in total. The van der Waals surface area contributed by atoms with E-state index in [1.165, 1.54) is 89.4 Å². The zero-order chi connectivity index (χ0) is 18.5. The number of ether oxygens (including phenoxy) is 1. The Kier molecular flexibility index (Phi) is 6.60. The van der Waals surface area contributed by atoms with Crippen LogP contribution in [0.15, 0.2) is 23.0 Å². The van der Waals surface area contributed by atoms with Crippen LogP contribution in [0.1, 0.15) is 82.6 Å². The van der Waals surface area contributed by atoms with Crippen LogP contribution in [0.2, 0.25) is 0 Å². The van der Waals surface area contributed by atoms with Crippen molar-refractivity contribution in [2.45, 2.75) is 77.0 Å². The average molecular weight is 374 g/mol. The summed E-state index contributed by atoms with van der Waals surface area (Å²) >= 11 is 0. The Morgan fingerprint density at radius 1 is 1.15 bits per heavy atom. The van der Waals surface area contributed by atoms with E-state index in [-0.39, 0.29) is 0 Å². The Labute approximate surface area is 165 Å². The summed E-state index contributed by atoms with van der Waals surface area (Å²) in [7, 11) is 0. The minimum Gasteiger partial charge on any atom is -0.472 e. The Balaban J connectivity index is 1.14. The van der Waals surface area contributed by atoms with Gasteiger partial charge in [0.25, 0.3) is 0 Å². The van der Waals surface area contributed by atoms with Crippen LogP contribution in [0.25, 0.3) is 0 Å². The maximum atomic E-state index is 6.06. The van der Waals surface area contributed by atoms with Gasteiger partial charge in [0.1, 0.15) is 0 Å². The van der Waals surface area contributed by atoms with Gasteiger partial charge in [-0.1, -0.05) is 6.92 Å². The molecule has 0 bridgehead atoms. The normalized spacial score (nSPS) is 35.1. The molecule has 0 radical (unpaired) electrons. The van der Waals surface area contributed by atoms with Crippen LogP contribution in [-0.4, -0.2) is 37.7 Å². The molecule has 1 spiro atoms. The predicted octanol–water partition coefficient (Wildman–Crippen LogP) is 5.86. The fourth-order valence-electron chi connectivity index (χ4n) is 6.12.